The number of methoxy groups -OCH3 is 1. The summed E-state index contributed by atoms with van der Waals surface area (Å²) in [7, 11) is 1.29. The number of aromatic nitrogens is 2. The Morgan fingerprint density at radius 2 is 1.45 bits per heavy atom. The molecule has 3 aromatic carbocycles. The Bertz CT molecular complexity index is 1930. The van der Waals surface area contributed by atoms with Gasteiger partial charge in [0.15, 0.2) is 0 Å². The highest BCUT2D eigenvalue weighted by Crippen LogP contribution is 2.34. The van der Waals surface area contributed by atoms with Crippen LogP contribution >= 0.6 is 0 Å². The van der Waals surface area contributed by atoms with E-state index in [1.807, 2.05) is 91.5 Å². The minimum atomic E-state index is -0.684. The van der Waals surface area contributed by atoms with Gasteiger partial charge in [-0.3, -0.25) is 14.4 Å². The van der Waals surface area contributed by atoms with Crippen molar-refractivity contribution < 1.29 is 23.9 Å². The van der Waals surface area contributed by atoms with Gasteiger partial charge in [0.2, 0.25) is 11.8 Å². The number of anilines is 2. The molecule has 1 saturated carbocycles. The van der Waals surface area contributed by atoms with Crippen molar-refractivity contribution in [3.8, 4) is 22.4 Å². The van der Waals surface area contributed by atoms with E-state index < -0.39 is 12.1 Å². The van der Waals surface area contributed by atoms with Crippen molar-refractivity contribution in [3.05, 3.63) is 90.4 Å². The molecule has 2 atom stereocenters. The number of hydrogen-bond donors (Lipinski definition) is 3. The van der Waals surface area contributed by atoms with E-state index >= 15 is 0 Å². The summed E-state index contributed by atoms with van der Waals surface area (Å²) in [5.41, 5.74) is 6.22. The average molecular weight is 718 g/mol. The predicted octanol–water partition coefficient (Wildman–Crippen LogP) is 6.10. The smallest absolute Gasteiger partial charge is 0.407 e. The number of imidazole rings is 1. The lowest BCUT2D eigenvalue weighted by atomic mass is 10.0. The minimum absolute atomic E-state index is 0.101. The van der Waals surface area contributed by atoms with Crippen LogP contribution in [0.1, 0.15) is 61.8 Å². The number of likely N-dealkylation sites (tertiary alicyclic amines) is 1. The first kappa shape index (κ1) is 35.7. The highest BCUT2D eigenvalue weighted by atomic mass is 16.5. The summed E-state index contributed by atoms with van der Waals surface area (Å²) in [6.07, 6.45) is 4.87. The van der Waals surface area contributed by atoms with Crippen molar-refractivity contribution in [2.45, 2.75) is 51.6 Å². The van der Waals surface area contributed by atoms with E-state index in [4.69, 9.17) is 4.74 Å². The third kappa shape index (κ3) is 8.06. The number of piperazine rings is 1. The lowest BCUT2D eigenvalue weighted by molar-refractivity contribution is -0.135. The predicted molar refractivity (Wildman–Crippen MR) is 203 cm³/mol. The molecule has 3 aliphatic rings. The molecule has 4 aromatic rings. The van der Waals surface area contributed by atoms with Crippen LogP contribution in [0.15, 0.2) is 79.0 Å². The zero-order valence-electron chi connectivity index (χ0n) is 30.5. The topological polar surface area (TPSA) is 140 Å². The molecular weight excluding hydrogens is 670 g/mol. The fourth-order valence-electron chi connectivity index (χ4n) is 7.23. The summed E-state index contributed by atoms with van der Waals surface area (Å²) in [4.78, 5) is 65.0. The molecule has 2 saturated heterocycles. The van der Waals surface area contributed by atoms with E-state index in [9.17, 15) is 19.2 Å². The Morgan fingerprint density at radius 1 is 0.811 bits per heavy atom. The van der Waals surface area contributed by atoms with Crippen molar-refractivity contribution >= 4 is 35.2 Å². The number of nitrogens with zero attached hydrogens (tertiary/aromatic N) is 4. The molecule has 53 heavy (non-hydrogen) atoms. The van der Waals surface area contributed by atoms with Crippen molar-refractivity contribution in [2.75, 3.05) is 50.1 Å². The van der Waals surface area contributed by atoms with Crippen LogP contribution in [0.3, 0.4) is 0 Å². The second kappa shape index (κ2) is 15.5. The van der Waals surface area contributed by atoms with E-state index in [0.29, 0.717) is 23.7 Å². The molecular formula is C41H47N7O5. The molecule has 1 aliphatic carbocycles. The van der Waals surface area contributed by atoms with Crippen molar-refractivity contribution in [3.63, 3.8) is 0 Å². The van der Waals surface area contributed by atoms with Gasteiger partial charge in [-0.2, -0.15) is 0 Å². The zero-order chi connectivity index (χ0) is 37.1. The normalized spacial score (nSPS) is 17.8. The standard InChI is InChI=1S/C41H47N7O5/c1-26(2)36(45-41(52)53-3)40(51)48-20-4-5-35(48)37-42-25-34(44-37)29-8-6-27(7-9-29)28-12-16-32(17-13-28)43-38(49)30-14-18-33(19-15-30)46-21-23-47(24-22-46)39(50)31-10-11-31/h6-9,12-19,25-26,31,35-36H,4-5,10-11,20-24H2,1-3H3,(H,42,44)(H,43,49)(H,45,52). The van der Waals surface area contributed by atoms with Crippen LogP contribution < -0.4 is 15.5 Å². The Balaban J connectivity index is 0.932. The van der Waals surface area contributed by atoms with E-state index in [0.717, 1.165) is 85.8 Å². The quantitative estimate of drug-likeness (QED) is 0.180. The third-order valence-electron chi connectivity index (χ3n) is 10.5. The van der Waals surface area contributed by atoms with E-state index in [-0.39, 0.29) is 29.7 Å². The summed E-state index contributed by atoms with van der Waals surface area (Å²) in [5, 5.41) is 5.69. The number of alkyl carbamates (subject to hydrolysis) is 1. The summed E-state index contributed by atoms with van der Waals surface area (Å²) >= 11 is 0. The number of carbonyl (C=O) groups is 4. The van der Waals surface area contributed by atoms with Crippen molar-refractivity contribution in [2.24, 2.45) is 11.8 Å². The molecule has 12 heteroatoms. The van der Waals surface area contributed by atoms with Gasteiger partial charge in [-0.25, -0.2) is 9.78 Å². The van der Waals surface area contributed by atoms with Gasteiger partial charge in [0.05, 0.1) is 25.0 Å². The molecule has 0 radical (unpaired) electrons. The molecule has 4 amide bonds. The summed E-state index contributed by atoms with van der Waals surface area (Å²) in [5.74, 6) is 0.872. The van der Waals surface area contributed by atoms with Gasteiger partial charge in [-0.15, -0.1) is 0 Å². The van der Waals surface area contributed by atoms with Crippen LogP contribution in [0.25, 0.3) is 22.4 Å². The second-order valence-electron chi connectivity index (χ2n) is 14.5. The molecule has 3 heterocycles. The Morgan fingerprint density at radius 3 is 2.08 bits per heavy atom. The Kier molecular flexibility index (Phi) is 10.5. The van der Waals surface area contributed by atoms with Gasteiger partial charge in [0.25, 0.3) is 5.91 Å². The van der Waals surface area contributed by atoms with Gasteiger partial charge in [0, 0.05) is 55.6 Å². The highest BCUT2D eigenvalue weighted by Gasteiger charge is 2.38. The fraction of sp³-hybridized carbons (Fsp3) is 0.390. The highest BCUT2D eigenvalue weighted by molar-refractivity contribution is 6.04. The molecule has 2 unspecified atom stereocenters. The number of benzene rings is 3. The number of carbonyl (C=O) groups excluding carboxylic acids is 4. The second-order valence-corrected chi connectivity index (χ2v) is 14.5. The maximum absolute atomic E-state index is 13.5. The molecule has 12 nitrogen and oxygen atoms in total. The molecule has 276 valence electrons. The zero-order valence-corrected chi connectivity index (χ0v) is 30.5. The SMILES string of the molecule is COC(=O)NC(C(=O)N1CCCC1c1ncc(-c2ccc(-c3ccc(NC(=O)c4ccc(N5CCN(C(=O)C6CC6)CC5)cc4)cc3)cc2)[nH]1)C(C)C. The van der Waals surface area contributed by atoms with Gasteiger partial charge in [-0.1, -0.05) is 50.2 Å². The first-order valence-corrected chi connectivity index (χ1v) is 18.5. The van der Waals surface area contributed by atoms with Crippen molar-refractivity contribution in [1.29, 1.82) is 0 Å². The molecule has 2 aliphatic heterocycles. The lowest BCUT2D eigenvalue weighted by Gasteiger charge is -2.36. The van der Waals surface area contributed by atoms with Gasteiger partial charge < -0.3 is 35.1 Å². The lowest BCUT2D eigenvalue weighted by Crippen LogP contribution is -2.51. The average Bonchev–Trinajstić information content (AvgIpc) is 3.71. The maximum Gasteiger partial charge on any atom is 0.407 e. The Labute approximate surface area is 309 Å². The fourth-order valence-corrected chi connectivity index (χ4v) is 7.23. The van der Waals surface area contributed by atoms with Crippen LogP contribution in [-0.4, -0.2) is 89.5 Å². The summed E-state index contributed by atoms with van der Waals surface area (Å²) in [6.45, 7) is 7.47. The number of hydrogen-bond acceptors (Lipinski definition) is 7. The number of nitrogens with one attached hydrogen (secondary N) is 3. The van der Waals surface area contributed by atoms with Crippen LogP contribution in [0, 0.1) is 11.8 Å². The number of amides is 4. The van der Waals surface area contributed by atoms with E-state index in [2.05, 4.69) is 25.5 Å². The molecule has 0 spiro atoms. The molecule has 3 fully saturated rings. The van der Waals surface area contributed by atoms with E-state index in [1.165, 1.54) is 7.11 Å². The number of aromatic amines is 1. The first-order chi connectivity index (χ1) is 25.7. The van der Waals surface area contributed by atoms with Crippen LogP contribution in [-0.2, 0) is 14.3 Å². The molecule has 3 N–H and O–H groups in total. The minimum Gasteiger partial charge on any atom is -0.453 e. The largest absolute Gasteiger partial charge is 0.453 e. The monoisotopic (exact) mass is 717 g/mol. The third-order valence-corrected chi connectivity index (χ3v) is 10.5. The van der Waals surface area contributed by atoms with Crippen LogP contribution in [0.2, 0.25) is 0 Å². The van der Waals surface area contributed by atoms with Crippen LogP contribution in [0.4, 0.5) is 16.2 Å². The van der Waals surface area contributed by atoms with Crippen molar-refractivity contribution in [1.82, 2.24) is 25.1 Å². The Hall–Kier alpha value is -5.65. The first-order valence-electron chi connectivity index (χ1n) is 18.5. The molecule has 1 aromatic heterocycles. The summed E-state index contributed by atoms with van der Waals surface area (Å²) < 4.78 is 4.74. The number of rotatable bonds is 10. The number of H-pyrrole nitrogens is 1. The van der Waals surface area contributed by atoms with Gasteiger partial charge in [0.1, 0.15) is 11.9 Å². The molecule has 0 bridgehead atoms. The van der Waals surface area contributed by atoms with E-state index in [1.54, 1.807) is 11.1 Å². The number of ether oxygens (including phenoxy) is 1. The van der Waals surface area contributed by atoms with Crippen LogP contribution in [0.5, 0.6) is 0 Å². The van der Waals surface area contributed by atoms with Gasteiger partial charge in [-0.05, 0) is 84.7 Å². The molecule has 7 rings (SSSR count). The maximum atomic E-state index is 13.5. The summed E-state index contributed by atoms with van der Waals surface area (Å²) in [6, 6.07) is 22.7. The van der Waals surface area contributed by atoms with Gasteiger partial charge >= 0.3 is 6.09 Å².